The molecule has 7 nitrogen and oxygen atoms in total. The monoisotopic (exact) mass is 403 g/mol. The van der Waals surface area contributed by atoms with Crippen LogP contribution in [0.15, 0.2) is 53.6 Å². The first-order valence-corrected chi connectivity index (χ1v) is 9.04. The third kappa shape index (κ3) is 7.38. The lowest BCUT2D eigenvalue weighted by Crippen LogP contribution is -2.38. The number of hydrazone groups is 1. The Morgan fingerprint density at radius 1 is 1.11 bits per heavy atom. The van der Waals surface area contributed by atoms with Crippen LogP contribution in [0.3, 0.4) is 0 Å². The van der Waals surface area contributed by atoms with E-state index in [4.69, 9.17) is 21.1 Å². The van der Waals surface area contributed by atoms with Crippen molar-refractivity contribution < 1.29 is 19.1 Å². The molecule has 2 aromatic carbocycles. The van der Waals surface area contributed by atoms with E-state index in [1.165, 1.54) is 6.21 Å². The molecule has 2 rings (SSSR count). The van der Waals surface area contributed by atoms with Crippen molar-refractivity contribution in [2.45, 2.75) is 13.0 Å². The van der Waals surface area contributed by atoms with Crippen LogP contribution in [0, 0.1) is 0 Å². The van der Waals surface area contributed by atoms with E-state index in [0.717, 1.165) is 11.1 Å². The lowest BCUT2D eigenvalue weighted by Gasteiger charge is -2.07. The van der Waals surface area contributed by atoms with Gasteiger partial charge in [-0.05, 0) is 42.3 Å². The Kier molecular flexibility index (Phi) is 8.97. The summed E-state index contributed by atoms with van der Waals surface area (Å²) in [6.45, 7) is 1.24. The van der Waals surface area contributed by atoms with Gasteiger partial charge in [0.2, 0.25) is 0 Å². The van der Waals surface area contributed by atoms with Crippen LogP contribution < -0.4 is 15.5 Å². The number of hydrogen-bond donors (Lipinski definition) is 2. The third-order valence-electron chi connectivity index (χ3n) is 3.63. The van der Waals surface area contributed by atoms with Crippen molar-refractivity contribution >= 4 is 29.6 Å². The Labute approximate surface area is 168 Å². The maximum Gasteiger partial charge on any atom is 0.329 e. The number of carbonyl (C=O) groups excluding carboxylic acids is 2. The molecule has 0 saturated heterocycles. The molecule has 0 aromatic heterocycles. The van der Waals surface area contributed by atoms with Crippen LogP contribution in [0.25, 0.3) is 0 Å². The molecule has 28 heavy (non-hydrogen) atoms. The standard InChI is InChI=1S/C20H22ClN3O4/c1-27-12-4-11-22-19(25)20(26)24-23-13-15-7-9-17(10-8-15)28-14-16-5-2-3-6-18(16)21/h2-3,5-10,13H,4,11-12,14H2,1H3,(H,22,25)(H,24,26)/b23-13+. The molecule has 0 aliphatic carbocycles. The molecule has 0 bridgehead atoms. The summed E-state index contributed by atoms with van der Waals surface area (Å²) >= 11 is 6.10. The van der Waals surface area contributed by atoms with Crippen LogP contribution >= 0.6 is 11.6 Å². The van der Waals surface area contributed by atoms with Crippen LogP contribution in [0.4, 0.5) is 0 Å². The van der Waals surface area contributed by atoms with Crippen LogP contribution in [0.1, 0.15) is 17.5 Å². The van der Waals surface area contributed by atoms with Crippen molar-refractivity contribution in [1.29, 1.82) is 0 Å². The lowest BCUT2D eigenvalue weighted by molar-refractivity contribution is -0.139. The number of nitrogens with one attached hydrogen (secondary N) is 2. The fourth-order valence-electron chi connectivity index (χ4n) is 2.14. The van der Waals surface area contributed by atoms with Crippen LogP contribution in [0.5, 0.6) is 5.75 Å². The Morgan fingerprint density at radius 2 is 1.86 bits per heavy atom. The average molecular weight is 404 g/mol. The van der Waals surface area contributed by atoms with Gasteiger partial charge in [0.25, 0.3) is 0 Å². The predicted octanol–water partition coefficient (Wildman–Crippen LogP) is 2.52. The Balaban J connectivity index is 1.76. The summed E-state index contributed by atoms with van der Waals surface area (Å²) in [7, 11) is 1.57. The molecule has 0 saturated carbocycles. The summed E-state index contributed by atoms with van der Waals surface area (Å²) in [5, 5.41) is 6.90. The number of amides is 2. The zero-order valence-electron chi connectivity index (χ0n) is 15.5. The molecule has 0 aliphatic heterocycles. The first-order valence-electron chi connectivity index (χ1n) is 8.66. The van der Waals surface area contributed by atoms with Crippen molar-refractivity contribution in [3.8, 4) is 5.75 Å². The summed E-state index contributed by atoms with van der Waals surface area (Å²) in [6, 6.07) is 14.6. The Hall–Kier alpha value is -2.90. The number of benzene rings is 2. The van der Waals surface area contributed by atoms with Gasteiger partial charge >= 0.3 is 11.8 Å². The number of halogens is 1. The SMILES string of the molecule is COCCCNC(=O)C(=O)N/N=C/c1ccc(OCc2ccccc2Cl)cc1. The number of rotatable bonds is 9. The molecule has 8 heteroatoms. The summed E-state index contributed by atoms with van der Waals surface area (Å²) in [5.41, 5.74) is 3.82. The molecule has 0 atom stereocenters. The van der Waals surface area contributed by atoms with E-state index in [1.807, 2.05) is 24.3 Å². The maximum absolute atomic E-state index is 11.6. The highest BCUT2D eigenvalue weighted by molar-refractivity contribution is 6.35. The maximum atomic E-state index is 11.6. The second-order valence-corrected chi connectivity index (χ2v) is 6.16. The van der Waals surface area contributed by atoms with Gasteiger partial charge in [-0.25, -0.2) is 5.43 Å². The van der Waals surface area contributed by atoms with Gasteiger partial charge in [0.1, 0.15) is 12.4 Å². The highest BCUT2D eigenvalue weighted by Gasteiger charge is 2.11. The first kappa shape index (κ1) is 21.4. The fraction of sp³-hybridized carbons (Fsp3) is 0.250. The number of carbonyl (C=O) groups is 2. The van der Waals surface area contributed by atoms with E-state index in [2.05, 4.69) is 15.8 Å². The molecule has 0 aliphatic rings. The second-order valence-electron chi connectivity index (χ2n) is 5.75. The summed E-state index contributed by atoms with van der Waals surface area (Å²) in [4.78, 5) is 23.1. The Morgan fingerprint density at radius 3 is 2.57 bits per heavy atom. The van der Waals surface area contributed by atoms with Gasteiger partial charge in [0, 0.05) is 30.8 Å². The molecule has 0 radical (unpaired) electrons. The summed E-state index contributed by atoms with van der Waals surface area (Å²) in [6.07, 6.45) is 2.07. The van der Waals surface area contributed by atoms with Crippen molar-refractivity contribution in [2.24, 2.45) is 5.10 Å². The van der Waals surface area contributed by atoms with E-state index < -0.39 is 11.8 Å². The molecular weight excluding hydrogens is 382 g/mol. The summed E-state index contributed by atoms with van der Waals surface area (Å²) in [5.74, 6) is -0.888. The predicted molar refractivity (Wildman–Crippen MR) is 107 cm³/mol. The van der Waals surface area contributed by atoms with E-state index >= 15 is 0 Å². The van der Waals surface area contributed by atoms with Gasteiger partial charge in [-0.3, -0.25) is 9.59 Å². The number of ether oxygens (including phenoxy) is 2. The molecule has 148 valence electrons. The largest absolute Gasteiger partial charge is 0.489 e. The van der Waals surface area contributed by atoms with Crippen LogP contribution in [-0.2, 0) is 20.9 Å². The zero-order chi connectivity index (χ0) is 20.2. The minimum Gasteiger partial charge on any atom is -0.489 e. The van der Waals surface area contributed by atoms with Crippen molar-refractivity contribution in [1.82, 2.24) is 10.7 Å². The number of hydrogen-bond acceptors (Lipinski definition) is 5. The molecular formula is C20H22ClN3O4. The molecule has 0 fully saturated rings. The molecule has 0 unspecified atom stereocenters. The lowest BCUT2D eigenvalue weighted by atomic mass is 10.2. The van der Waals surface area contributed by atoms with E-state index in [1.54, 1.807) is 31.4 Å². The average Bonchev–Trinajstić information content (AvgIpc) is 2.71. The third-order valence-corrected chi connectivity index (χ3v) is 4.00. The van der Waals surface area contributed by atoms with Crippen molar-refractivity contribution in [3.63, 3.8) is 0 Å². The molecule has 2 amide bonds. The summed E-state index contributed by atoms with van der Waals surface area (Å²) < 4.78 is 10.6. The van der Waals surface area contributed by atoms with E-state index in [9.17, 15) is 9.59 Å². The molecule has 2 N–H and O–H groups in total. The smallest absolute Gasteiger partial charge is 0.329 e. The van der Waals surface area contributed by atoms with E-state index in [0.29, 0.717) is 37.0 Å². The van der Waals surface area contributed by atoms with Gasteiger partial charge in [-0.1, -0.05) is 29.8 Å². The molecule has 0 heterocycles. The topological polar surface area (TPSA) is 89.0 Å². The molecule has 0 spiro atoms. The zero-order valence-corrected chi connectivity index (χ0v) is 16.2. The van der Waals surface area contributed by atoms with Crippen molar-refractivity contribution in [2.75, 3.05) is 20.3 Å². The van der Waals surface area contributed by atoms with Crippen LogP contribution in [0.2, 0.25) is 5.02 Å². The molecule has 2 aromatic rings. The van der Waals surface area contributed by atoms with Gasteiger partial charge in [-0.15, -0.1) is 0 Å². The Bertz CT molecular complexity index is 809. The number of methoxy groups -OCH3 is 1. The highest BCUT2D eigenvalue weighted by atomic mass is 35.5. The normalized spacial score (nSPS) is 10.6. The quantitative estimate of drug-likeness (QED) is 0.291. The van der Waals surface area contributed by atoms with E-state index in [-0.39, 0.29) is 0 Å². The van der Waals surface area contributed by atoms with Gasteiger partial charge < -0.3 is 14.8 Å². The van der Waals surface area contributed by atoms with Crippen LogP contribution in [-0.4, -0.2) is 38.3 Å². The first-order chi connectivity index (χ1) is 13.6. The number of nitrogens with zero attached hydrogens (tertiary/aromatic N) is 1. The second kappa shape index (κ2) is 11.7. The van der Waals surface area contributed by atoms with Gasteiger partial charge in [-0.2, -0.15) is 5.10 Å². The minimum absolute atomic E-state index is 0.361. The highest BCUT2D eigenvalue weighted by Crippen LogP contribution is 2.18. The van der Waals surface area contributed by atoms with Gasteiger partial charge in [0.05, 0.1) is 6.21 Å². The fourth-order valence-corrected chi connectivity index (χ4v) is 2.33. The minimum atomic E-state index is -0.826. The van der Waals surface area contributed by atoms with Crippen molar-refractivity contribution in [3.05, 3.63) is 64.7 Å². The van der Waals surface area contributed by atoms with Gasteiger partial charge in [0.15, 0.2) is 0 Å².